The van der Waals surface area contributed by atoms with Gasteiger partial charge in [0, 0.05) is 11.0 Å². The molecule has 0 unspecified atom stereocenters. The molecule has 0 aromatic heterocycles. The fourth-order valence-electron chi connectivity index (χ4n) is 3.15. The Morgan fingerprint density at radius 1 is 1.12 bits per heavy atom. The van der Waals surface area contributed by atoms with Crippen molar-refractivity contribution < 1.29 is 17.9 Å². The highest BCUT2D eigenvalue weighted by Gasteiger charge is 2.25. The Kier molecular flexibility index (Phi) is 8.53. The molecule has 1 amide bonds. The molecule has 0 fully saturated rings. The molecule has 0 radical (unpaired) electrons. The average Bonchev–Trinajstić information content (AvgIpc) is 2.81. The first-order chi connectivity index (χ1) is 16.2. The first kappa shape index (κ1) is 26.0. The number of thiocarbonyl (C=S) groups is 1. The van der Waals surface area contributed by atoms with E-state index in [2.05, 4.69) is 26.6 Å². The molecule has 0 aliphatic heterocycles. The number of nitrogens with zero attached hydrogens (tertiary/aromatic N) is 1. The topological polar surface area (TPSA) is 87.7 Å². The second-order valence-corrected chi connectivity index (χ2v) is 10.5. The van der Waals surface area contributed by atoms with Gasteiger partial charge in [-0.1, -0.05) is 45.7 Å². The molecule has 178 valence electrons. The quantitative estimate of drug-likeness (QED) is 0.360. The first-order valence-electron chi connectivity index (χ1n) is 10.0. The number of halogens is 2. The van der Waals surface area contributed by atoms with E-state index in [1.165, 1.54) is 29.6 Å². The van der Waals surface area contributed by atoms with Crippen molar-refractivity contribution in [3.8, 4) is 5.75 Å². The van der Waals surface area contributed by atoms with Crippen LogP contribution in [0.2, 0.25) is 5.02 Å². The van der Waals surface area contributed by atoms with Gasteiger partial charge in [0.05, 0.1) is 34.0 Å². The third kappa shape index (κ3) is 5.87. The highest BCUT2D eigenvalue weighted by Crippen LogP contribution is 2.31. The third-order valence-electron chi connectivity index (χ3n) is 4.74. The van der Waals surface area contributed by atoms with E-state index in [1.807, 2.05) is 6.07 Å². The predicted octanol–water partition coefficient (Wildman–Crippen LogP) is 5.45. The Balaban J connectivity index is 1.87. The van der Waals surface area contributed by atoms with E-state index in [1.54, 1.807) is 49.4 Å². The number of carbonyl (C=O) groups is 1. The van der Waals surface area contributed by atoms with E-state index in [4.69, 9.17) is 28.6 Å². The Hall–Kier alpha value is -2.66. The van der Waals surface area contributed by atoms with Gasteiger partial charge in [-0.3, -0.25) is 14.4 Å². The van der Waals surface area contributed by atoms with Crippen LogP contribution in [-0.4, -0.2) is 33.1 Å². The molecule has 3 aromatic rings. The van der Waals surface area contributed by atoms with Crippen molar-refractivity contribution in [1.82, 2.24) is 5.32 Å². The maximum Gasteiger partial charge on any atom is 0.264 e. The summed E-state index contributed by atoms with van der Waals surface area (Å²) in [6.45, 7) is 1.99. The van der Waals surface area contributed by atoms with Crippen molar-refractivity contribution in [2.24, 2.45) is 0 Å². The first-order valence-corrected chi connectivity index (χ1v) is 13.0. The maximum absolute atomic E-state index is 13.4. The number of amides is 1. The minimum absolute atomic E-state index is 0.0330. The smallest absolute Gasteiger partial charge is 0.264 e. The minimum Gasteiger partial charge on any atom is -0.495 e. The fraction of sp³-hybridized carbons (Fsp3) is 0.130. The summed E-state index contributed by atoms with van der Waals surface area (Å²) in [6, 6.07) is 18.0. The molecule has 2 N–H and O–H groups in total. The van der Waals surface area contributed by atoms with E-state index in [0.717, 1.165) is 0 Å². The molecule has 0 saturated carbocycles. The van der Waals surface area contributed by atoms with Crippen LogP contribution in [0.4, 0.5) is 11.4 Å². The summed E-state index contributed by atoms with van der Waals surface area (Å²) in [5.74, 6) is -0.174. The number of rotatable bonds is 7. The maximum atomic E-state index is 13.4. The van der Waals surface area contributed by atoms with Gasteiger partial charge in [0.15, 0.2) is 5.11 Å². The van der Waals surface area contributed by atoms with Crippen molar-refractivity contribution in [3.63, 3.8) is 0 Å². The summed E-state index contributed by atoms with van der Waals surface area (Å²) < 4.78 is 34.1. The van der Waals surface area contributed by atoms with Crippen molar-refractivity contribution in [1.29, 1.82) is 0 Å². The largest absolute Gasteiger partial charge is 0.495 e. The van der Waals surface area contributed by atoms with Crippen LogP contribution in [-0.2, 0) is 10.0 Å². The molecule has 34 heavy (non-hydrogen) atoms. The van der Waals surface area contributed by atoms with Crippen molar-refractivity contribution in [3.05, 3.63) is 81.8 Å². The molecule has 0 spiro atoms. The van der Waals surface area contributed by atoms with Crippen LogP contribution < -0.4 is 19.7 Å². The Morgan fingerprint density at radius 3 is 2.47 bits per heavy atom. The molecule has 7 nitrogen and oxygen atoms in total. The molecule has 11 heteroatoms. The lowest BCUT2D eigenvalue weighted by atomic mass is 10.2. The van der Waals surface area contributed by atoms with Crippen molar-refractivity contribution in [2.45, 2.75) is 11.8 Å². The van der Waals surface area contributed by atoms with Crippen LogP contribution >= 0.6 is 39.7 Å². The number of sulfonamides is 1. The molecular formula is C23H21BrClN3O4S2. The third-order valence-corrected chi connectivity index (χ3v) is 7.66. The summed E-state index contributed by atoms with van der Waals surface area (Å²) >= 11 is 14.7. The number of para-hydroxylation sites is 1. The minimum atomic E-state index is -3.88. The number of anilines is 2. The normalized spacial score (nSPS) is 10.9. The Morgan fingerprint density at radius 2 is 1.82 bits per heavy atom. The van der Waals surface area contributed by atoms with Crippen molar-refractivity contribution in [2.75, 3.05) is 23.3 Å². The van der Waals surface area contributed by atoms with Gasteiger partial charge < -0.3 is 10.1 Å². The van der Waals surface area contributed by atoms with E-state index in [0.29, 0.717) is 15.9 Å². The van der Waals surface area contributed by atoms with E-state index in [9.17, 15) is 13.2 Å². The van der Waals surface area contributed by atoms with Crippen LogP contribution in [0.25, 0.3) is 0 Å². The molecular weight excluding hydrogens is 562 g/mol. The van der Waals surface area contributed by atoms with E-state index < -0.39 is 15.9 Å². The molecule has 0 aliphatic rings. The summed E-state index contributed by atoms with van der Waals surface area (Å²) in [5, 5.41) is 5.59. The molecule has 0 saturated heterocycles. The summed E-state index contributed by atoms with van der Waals surface area (Å²) in [4.78, 5) is 12.6. The van der Waals surface area contributed by atoms with Gasteiger partial charge in [-0.15, -0.1) is 0 Å². The number of hydrogen-bond acceptors (Lipinski definition) is 5. The zero-order valence-electron chi connectivity index (χ0n) is 18.2. The van der Waals surface area contributed by atoms with Gasteiger partial charge in [0.2, 0.25) is 0 Å². The summed E-state index contributed by atoms with van der Waals surface area (Å²) in [7, 11) is -2.44. The van der Waals surface area contributed by atoms with Crippen LogP contribution in [0.15, 0.2) is 76.1 Å². The van der Waals surface area contributed by atoms with E-state index in [-0.39, 0.29) is 32.8 Å². The zero-order chi connectivity index (χ0) is 24.9. The fourth-order valence-corrected chi connectivity index (χ4v) is 5.42. The van der Waals surface area contributed by atoms with Gasteiger partial charge >= 0.3 is 0 Å². The van der Waals surface area contributed by atoms with Crippen LogP contribution in [0.1, 0.15) is 17.3 Å². The molecule has 3 rings (SSSR count). The van der Waals surface area contributed by atoms with Gasteiger partial charge in [-0.05, 0) is 67.7 Å². The highest BCUT2D eigenvalue weighted by atomic mass is 79.9. The lowest BCUT2D eigenvalue weighted by molar-refractivity contribution is 0.0978. The molecule has 0 bridgehead atoms. The van der Waals surface area contributed by atoms with Crippen LogP contribution in [0.3, 0.4) is 0 Å². The lowest BCUT2D eigenvalue weighted by Gasteiger charge is -2.23. The number of nitrogens with one attached hydrogen (secondary N) is 2. The van der Waals surface area contributed by atoms with Crippen LogP contribution in [0, 0.1) is 0 Å². The highest BCUT2D eigenvalue weighted by molar-refractivity contribution is 9.10. The molecule has 0 atom stereocenters. The number of benzene rings is 3. The van der Waals surface area contributed by atoms with Gasteiger partial charge in [-0.25, -0.2) is 8.42 Å². The van der Waals surface area contributed by atoms with E-state index >= 15 is 0 Å². The van der Waals surface area contributed by atoms with Crippen molar-refractivity contribution >= 4 is 72.2 Å². The summed E-state index contributed by atoms with van der Waals surface area (Å²) in [6.07, 6.45) is 0. The number of ether oxygens (including phenoxy) is 1. The van der Waals surface area contributed by atoms with Crippen LogP contribution in [0.5, 0.6) is 5.75 Å². The number of carbonyl (C=O) groups excluding carboxylic acids is 1. The van der Waals surface area contributed by atoms with Gasteiger partial charge in [-0.2, -0.15) is 0 Å². The second kappa shape index (κ2) is 11.2. The second-order valence-electron chi connectivity index (χ2n) is 6.90. The summed E-state index contributed by atoms with van der Waals surface area (Å²) in [5.41, 5.74) is 1.05. The standard InChI is InChI=1S/C23H21BrClN3O4S2/c1-3-28(16-7-5-4-6-8-16)34(30,31)17-10-12-21(32-2)20(14-17)26-23(33)27-22(29)18-13-15(24)9-11-19(18)25/h4-14H,3H2,1-2H3,(H2,26,27,29,33). The average molecular weight is 583 g/mol. The monoisotopic (exact) mass is 581 g/mol. The SMILES string of the molecule is CCN(c1ccccc1)S(=O)(=O)c1ccc(OC)c(NC(=S)NC(=O)c2cc(Br)ccc2Cl)c1. The van der Waals surface area contributed by atoms with Gasteiger partial charge in [0.25, 0.3) is 15.9 Å². The lowest BCUT2D eigenvalue weighted by Crippen LogP contribution is -2.34. The number of methoxy groups -OCH3 is 1. The Bertz CT molecular complexity index is 1320. The Labute approximate surface area is 217 Å². The zero-order valence-corrected chi connectivity index (χ0v) is 22.2. The van der Waals surface area contributed by atoms with Gasteiger partial charge in [0.1, 0.15) is 5.75 Å². The molecule has 0 heterocycles. The number of hydrogen-bond donors (Lipinski definition) is 2. The molecule has 0 aliphatic carbocycles. The predicted molar refractivity (Wildman–Crippen MR) is 142 cm³/mol. The molecule has 3 aromatic carbocycles.